The summed E-state index contributed by atoms with van der Waals surface area (Å²) in [5, 5.41) is 0. The molecule has 0 aromatic heterocycles. The summed E-state index contributed by atoms with van der Waals surface area (Å²) in [5.74, 6) is 0.0379. The molecule has 1 heterocycles. The van der Waals surface area contributed by atoms with Gasteiger partial charge in [0.2, 0.25) is 5.90 Å². The Morgan fingerprint density at radius 1 is 0.944 bits per heavy atom. The second kappa shape index (κ2) is 4.11. The Hall–Kier alpha value is -2.42. The monoisotopic (exact) mass is 237 g/mol. The summed E-state index contributed by atoms with van der Waals surface area (Å²) in [7, 11) is 0. The number of hydrogen-bond donors (Lipinski definition) is 0. The second-order valence-electron chi connectivity index (χ2n) is 4.19. The Labute approximate surface area is 105 Å². The van der Waals surface area contributed by atoms with Gasteiger partial charge in [0.15, 0.2) is 0 Å². The maximum atomic E-state index is 11.6. The van der Waals surface area contributed by atoms with Crippen LogP contribution in [0.4, 0.5) is 5.69 Å². The van der Waals surface area contributed by atoms with Gasteiger partial charge in [0.05, 0.1) is 16.8 Å². The SMILES string of the molecule is Cc1ccc(/N=C2\OC(=O)c3ccccc32)cc1. The Morgan fingerprint density at radius 3 is 2.33 bits per heavy atom. The molecule has 0 saturated carbocycles. The molecule has 2 aromatic carbocycles. The van der Waals surface area contributed by atoms with Gasteiger partial charge in [0, 0.05) is 0 Å². The normalized spacial score (nSPS) is 15.6. The number of carbonyl (C=O) groups excluding carboxylic acids is 1. The first-order valence-corrected chi connectivity index (χ1v) is 5.71. The van der Waals surface area contributed by atoms with Gasteiger partial charge in [-0.3, -0.25) is 0 Å². The molecule has 0 fully saturated rings. The van der Waals surface area contributed by atoms with Crippen molar-refractivity contribution in [3.8, 4) is 0 Å². The van der Waals surface area contributed by atoms with Gasteiger partial charge >= 0.3 is 5.97 Å². The fourth-order valence-corrected chi connectivity index (χ4v) is 1.86. The number of aliphatic imine (C=N–C) groups is 1. The van der Waals surface area contributed by atoms with Gasteiger partial charge in [-0.25, -0.2) is 9.79 Å². The van der Waals surface area contributed by atoms with Crippen LogP contribution in [0.15, 0.2) is 53.5 Å². The predicted octanol–water partition coefficient (Wildman–Crippen LogP) is 3.24. The topological polar surface area (TPSA) is 38.7 Å². The van der Waals surface area contributed by atoms with Gasteiger partial charge < -0.3 is 4.74 Å². The number of ether oxygens (including phenoxy) is 1. The highest BCUT2D eigenvalue weighted by atomic mass is 16.5. The van der Waals surface area contributed by atoms with Crippen LogP contribution >= 0.6 is 0 Å². The third-order valence-corrected chi connectivity index (χ3v) is 2.83. The van der Waals surface area contributed by atoms with E-state index in [1.54, 1.807) is 6.07 Å². The van der Waals surface area contributed by atoms with Crippen molar-refractivity contribution < 1.29 is 9.53 Å². The van der Waals surface area contributed by atoms with Crippen LogP contribution in [0.5, 0.6) is 0 Å². The third kappa shape index (κ3) is 1.80. The number of benzene rings is 2. The fourth-order valence-electron chi connectivity index (χ4n) is 1.86. The average Bonchev–Trinajstić information content (AvgIpc) is 2.70. The minimum absolute atomic E-state index is 0.337. The summed E-state index contributed by atoms with van der Waals surface area (Å²) in [6.07, 6.45) is 0. The first kappa shape index (κ1) is 10.7. The molecule has 0 saturated heterocycles. The van der Waals surface area contributed by atoms with E-state index in [9.17, 15) is 4.79 Å². The number of nitrogens with zero attached hydrogens (tertiary/aromatic N) is 1. The Kier molecular flexibility index (Phi) is 2.45. The van der Waals surface area contributed by atoms with Crippen LogP contribution < -0.4 is 0 Å². The standard InChI is InChI=1S/C15H11NO2/c1-10-6-8-11(9-7-10)16-14-12-4-2-3-5-13(12)15(17)18-14/h2-9H,1H3/b16-14-. The fraction of sp³-hybridized carbons (Fsp3) is 0.0667. The summed E-state index contributed by atoms with van der Waals surface area (Å²) in [4.78, 5) is 16.0. The molecule has 0 unspecified atom stereocenters. The Bertz CT molecular complexity index is 642. The summed E-state index contributed by atoms with van der Waals surface area (Å²) in [6, 6.07) is 15.0. The van der Waals surface area contributed by atoms with E-state index >= 15 is 0 Å². The zero-order chi connectivity index (χ0) is 12.5. The smallest absolute Gasteiger partial charge is 0.345 e. The van der Waals surface area contributed by atoms with E-state index < -0.39 is 0 Å². The molecule has 88 valence electrons. The van der Waals surface area contributed by atoms with Crippen LogP contribution in [0.25, 0.3) is 0 Å². The van der Waals surface area contributed by atoms with Gasteiger partial charge in [0.1, 0.15) is 0 Å². The highest BCUT2D eigenvalue weighted by Gasteiger charge is 2.27. The van der Waals surface area contributed by atoms with E-state index in [1.165, 1.54) is 5.56 Å². The van der Waals surface area contributed by atoms with E-state index in [1.807, 2.05) is 49.4 Å². The molecule has 0 atom stereocenters. The van der Waals surface area contributed by atoms with Crippen LogP contribution in [-0.2, 0) is 4.74 Å². The number of cyclic esters (lactones) is 1. The van der Waals surface area contributed by atoms with E-state index in [4.69, 9.17) is 4.74 Å². The molecule has 0 bridgehead atoms. The molecule has 3 nitrogen and oxygen atoms in total. The lowest BCUT2D eigenvalue weighted by Gasteiger charge is -1.98. The van der Waals surface area contributed by atoms with Gasteiger partial charge in [-0.05, 0) is 31.2 Å². The molecule has 0 N–H and O–H groups in total. The molecule has 0 spiro atoms. The lowest BCUT2D eigenvalue weighted by molar-refractivity contribution is 0.0737. The van der Waals surface area contributed by atoms with Crippen LogP contribution in [0.1, 0.15) is 21.5 Å². The highest BCUT2D eigenvalue weighted by molar-refractivity contribution is 6.17. The van der Waals surface area contributed by atoms with Gasteiger partial charge in [-0.2, -0.15) is 0 Å². The first-order valence-electron chi connectivity index (χ1n) is 5.71. The third-order valence-electron chi connectivity index (χ3n) is 2.83. The summed E-state index contributed by atoms with van der Waals surface area (Å²) < 4.78 is 5.18. The van der Waals surface area contributed by atoms with Crippen molar-refractivity contribution in [3.05, 3.63) is 65.2 Å². The molecule has 0 radical (unpaired) electrons. The minimum Gasteiger partial charge on any atom is -0.403 e. The zero-order valence-corrected chi connectivity index (χ0v) is 9.88. The lowest BCUT2D eigenvalue weighted by Crippen LogP contribution is -1.99. The zero-order valence-electron chi connectivity index (χ0n) is 9.88. The molecule has 0 amide bonds. The number of rotatable bonds is 1. The second-order valence-corrected chi connectivity index (χ2v) is 4.19. The largest absolute Gasteiger partial charge is 0.403 e. The Balaban J connectivity index is 2.04. The van der Waals surface area contributed by atoms with E-state index in [-0.39, 0.29) is 5.97 Å². The van der Waals surface area contributed by atoms with E-state index in [0.717, 1.165) is 11.3 Å². The molecular formula is C15H11NO2. The van der Waals surface area contributed by atoms with Crippen molar-refractivity contribution in [1.82, 2.24) is 0 Å². The summed E-state index contributed by atoms with van der Waals surface area (Å²) in [5.41, 5.74) is 3.27. The van der Waals surface area contributed by atoms with Crippen LogP contribution in [-0.4, -0.2) is 11.9 Å². The minimum atomic E-state index is -0.337. The first-order chi connectivity index (χ1) is 8.74. The van der Waals surface area contributed by atoms with Gasteiger partial charge in [-0.1, -0.05) is 29.8 Å². The molecule has 0 aliphatic carbocycles. The number of aryl methyl sites for hydroxylation is 1. The van der Waals surface area contributed by atoms with Crippen molar-refractivity contribution in [2.45, 2.75) is 6.92 Å². The van der Waals surface area contributed by atoms with Crippen LogP contribution in [0.2, 0.25) is 0 Å². The molecular weight excluding hydrogens is 226 g/mol. The highest BCUT2D eigenvalue weighted by Crippen LogP contribution is 2.23. The summed E-state index contributed by atoms with van der Waals surface area (Å²) >= 11 is 0. The van der Waals surface area contributed by atoms with Crippen molar-refractivity contribution in [1.29, 1.82) is 0 Å². The maximum absolute atomic E-state index is 11.6. The number of carbonyl (C=O) groups is 1. The van der Waals surface area contributed by atoms with Crippen molar-refractivity contribution in [3.63, 3.8) is 0 Å². The quantitative estimate of drug-likeness (QED) is 0.714. The van der Waals surface area contributed by atoms with E-state index in [2.05, 4.69) is 4.99 Å². The number of fused-ring (bicyclic) bond motifs is 1. The molecule has 2 aromatic rings. The van der Waals surface area contributed by atoms with Crippen LogP contribution in [0.3, 0.4) is 0 Å². The number of hydrogen-bond acceptors (Lipinski definition) is 3. The van der Waals surface area contributed by atoms with Crippen LogP contribution in [0, 0.1) is 6.92 Å². The molecule has 3 heteroatoms. The van der Waals surface area contributed by atoms with Crippen molar-refractivity contribution >= 4 is 17.6 Å². The van der Waals surface area contributed by atoms with E-state index in [0.29, 0.717) is 11.5 Å². The lowest BCUT2D eigenvalue weighted by atomic mass is 10.1. The molecule has 18 heavy (non-hydrogen) atoms. The Morgan fingerprint density at radius 2 is 1.61 bits per heavy atom. The molecule has 1 aliphatic rings. The molecule has 1 aliphatic heterocycles. The predicted molar refractivity (Wildman–Crippen MR) is 69.2 cm³/mol. The summed E-state index contributed by atoms with van der Waals surface area (Å²) in [6.45, 7) is 2.02. The average molecular weight is 237 g/mol. The van der Waals surface area contributed by atoms with Gasteiger partial charge in [0.25, 0.3) is 0 Å². The van der Waals surface area contributed by atoms with Crippen molar-refractivity contribution in [2.75, 3.05) is 0 Å². The maximum Gasteiger partial charge on any atom is 0.345 e. The van der Waals surface area contributed by atoms with Gasteiger partial charge in [-0.15, -0.1) is 0 Å². The molecule has 3 rings (SSSR count). The van der Waals surface area contributed by atoms with Crippen molar-refractivity contribution in [2.24, 2.45) is 4.99 Å². The number of esters is 1.